The van der Waals surface area contributed by atoms with E-state index in [9.17, 15) is 13.2 Å². The number of hydrogen-bond donors (Lipinski definition) is 0. The second-order valence-electron chi connectivity index (χ2n) is 5.64. The largest absolute Gasteiger partial charge is 0.392 e. The minimum atomic E-state index is -4.04. The summed E-state index contributed by atoms with van der Waals surface area (Å²) in [5.74, 6) is -1.17. The molecule has 1 aliphatic carbocycles. The highest BCUT2D eigenvalue weighted by Crippen LogP contribution is 2.73. The van der Waals surface area contributed by atoms with Gasteiger partial charge in [0.05, 0.1) is 5.92 Å². The lowest BCUT2D eigenvalue weighted by atomic mass is 9.79. The molecule has 0 nitrogen and oxygen atoms in total. The van der Waals surface area contributed by atoms with Gasteiger partial charge in [0.15, 0.2) is 0 Å². The SMILES string of the molecule is CCCC1(CCC)CC1(C)C(C)C(F)(F)F. The Morgan fingerprint density at radius 2 is 1.56 bits per heavy atom. The van der Waals surface area contributed by atoms with Gasteiger partial charge in [-0.1, -0.05) is 40.5 Å². The van der Waals surface area contributed by atoms with Crippen LogP contribution < -0.4 is 0 Å². The Bertz CT molecular complexity index is 238. The fourth-order valence-corrected chi connectivity index (χ4v) is 3.46. The Labute approximate surface area is 96.6 Å². The Hall–Kier alpha value is -0.210. The van der Waals surface area contributed by atoms with Crippen molar-refractivity contribution in [3.8, 4) is 0 Å². The average molecular weight is 236 g/mol. The monoisotopic (exact) mass is 236 g/mol. The summed E-state index contributed by atoms with van der Waals surface area (Å²) < 4.78 is 38.4. The third-order valence-corrected chi connectivity index (χ3v) is 4.70. The number of hydrogen-bond acceptors (Lipinski definition) is 0. The van der Waals surface area contributed by atoms with Crippen LogP contribution in [-0.2, 0) is 0 Å². The Balaban J connectivity index is 2.81. The van der Waals surface area contributed by atoms with E-state index in [0.717, 1.165) is 32.1 Å². The molecule has 1 aliphatic rings. The maximum absolute atomic E-state index is 12.8. The summed E-state index contributed by atoms with van der Waals surface area (Å²) in [6.07, 6.45) is 0.566. The van der Waals surface area contributed by atoms with Crippen molar-refractivity contribution >= 4 is 0 Å². The minimum absolute atomic E-state index is 0.0363. The molecule has 0 radical (unpaired) electrons. The Kier molecular flexibility index (Phi) is 3.66. The molecule has 0 aromatic carbocycles. The molecule has 1 saturated carbocycles. The molecule has 3 heteroatoms. The Morgan fingerprint density at radius 3 is 1.88 bits per heavy atom. The van der Waals surface area contributed by atoms with Crippen LogP contribution in [0.2, 0.25) is 0 Å². The molecule has 0 spiro atoms. The summed E-state index contributed by atoms with van der Waals surface area (Å²) in [5.41, 5.74) is -0.553. The van der Waals surface area contributed by atoms with E-state index in [1.165, 1.54) is 6.92 Å². The van der Waals surface area contributed by atoms with E-state index in [4.69, 9.17) is 0 Å². The van der Waals surface area contributed by atoms with Gasteiger partial charge in [-0.05, 0) is 30.1 Å². The van der Waals surface area contributed by atoms with Gasteiger partial charge >= 0.3 is 6.18 Å². The molecule has 16 heavy (non-hydrogen) atoms. The standard InChI is InChI=1S/C13H23F3/c1-5-7-12(8-6-2)9-11(12,4)10(3)13(14,15)16/h10H,5-9H2,1-4H3. The first-order valence-corrected chi connectivity index (χ1v) is 6.30. The second kappa shape index (κ2) is 4.23. The van der Waals surface area contributed by atoms with E-state index in [-0.39, 0.29) is 5.41 Å². The first-order chi connectivity index (χ1) is 7.23. The third-order valence-electron chi connectivity index (χ3n) is 4.70. The second-order valence-corrected chi connectivity index (χ2v) is 5.64. The summed E-state index contributed by atoms with van der Waals surface area (Å²) in [6.45, 7) is 7.31. The maximum atomic E-state index is 12.8. The highest BCUT2D eigenvalue weighted by Gasteiger charge is 2.69. The van der Waals surface area contributed by atoms with Crippen molar-refractivity contribution < 1.29 is 13.2 Å². The zero-order chi connectivity index (χ0) is 12.6. The van der Waals surface area contributed by atoms with Gasteiger partial charge in [0, 0.05) is 0 Å². The molecule has 0 amide bonds. The van der Waals surface area contributed by atoms with Gasteiger partial charge in [0.1, 0.15) is 0 Å². The lowest BCUT2D eigenvalue weighted by Gasteiger charge is -2.29. The molecule has 0 N–H and O–H groups in total. The first kappa shape index (κ1) is 13.9. The summed E-state index contributed by atoms with van der Waals surface area (Å²) in [4.78, 5) is 0. The van der Waals surface area contributed by atoms with E-state index in [0.29, 0.717) is 0 Å². The van der Waals surface area contributed by atoms with Gasteiger partial charge < -0.3 is 0 Å². The van der Waals surface area contributed by atoms with E-state index in [1.54, 1.807) is 0 Å². The van der Waals surface area contributed by atoms with Crippen molar-refractivity contribution in [3.05, 3.63) is 0 Å². The molecule has 0 heterocycles. The first-order valence-electron chi connectivity index (χ1n) is 6.30. The molecule has 0 aromatic rings. The van der Waals surface area contributed by atoms with Crippen molar-refractivity contribution in [1.82, 2.24) is 0 Å². The summed E-state index contributed by atoms with van der Waals surface area (Å²) >= 11 is 0. The predicted molar refractivity (Wildman–Crippen MR) is 60.2 cm³/mol. The van der Waals surface area contributed by atoms with Crippen LogP contribution >= 0.6 is 0 Å². The molecule has 2 unspecified atom stereocenters. The smallest absolute Gasteiger partial charge is 0.171 e. The van der Waals surface area contributed by atoms with Crippen LogP contribution in [0.1, 0.15) is 59.8 Å². The van der Waals surface area contributed by atoms with Gasteiger partial charge in [-0.15, -0.1) is 0 Å². The van der Waals surface area contributed by atoms with Crippen molar-refractivity contribution in [3.63, 3.8) is 0 Å². The van der Waals surface area contributed by atoms with E-state index in [2.05, 4.69) is 13.8 Å². The minimum Gasteiger partial charge on any atom is -0.171 e. The van der Waals surface area contributed by atoms with Crippen molar-refractivity contribution in [2.75, 3.05) is 0 Å². The van der Waals surface area contributed by atoms with Crippen LogP contribution in [0.3, 0.4) is 0 Å². The fraction of sp³-hybridized carbons (Fsp3) is 1.00. The number of alkyl halides is 3. The topological polar surface area (TPSA) is 0 Å². The summed E-state index contributed by atoms with van der Waals surface area (Å²) in [5, 5.41) is 0. The maximum Gasteiger partial charge on any atom is 0.392 e. The van der Waals surface area contributed by atoms with Gasteiger partial charge in [-0.3, -0.25) is 0 Å². The molecule has 96 valence electrons. The molecular weight excluding hydrogens is 213 g/mol. The molecular formula is C13H23F3. The highest BCUT2D eigenvalue weighted by molar-refractivity contribution is 5.14. The lowest BCUT2D eigenvalue weighted by Crippen LogP contribution is -2.31. The lowest BCUT2D eigenvalue weighted by molar-refractivity contribution is -0.190. The van der Waals surface area contributed by atoms with Crippen molar-refractivity contribution in [1.29, 1.82) is 0 Å². The van der Waals surface area contributed by atoms with Crippen LogP contribution in [0, 0.1) is 16.7 Å². The van der Waals surface area contributed by atoms with E-state index < -0.39 is 17.5 Å². The van der Waals surface area contributed by atoms with Crippen molar-refractivity contribution in [2.45, 2.75) is 66.0 Å². The predicted octanol–water partition coefficient (Wildman–Crippen LogP) is 5.18. The normalized spacial score (nSPS) is 30.2. The molecule has 0 bridgehead atoms. The van der Waals surface area contributed by atoms with E-state index in [1.807, 2.05) is 6.92 Å². The number of halogens is 3. The number of rotatable bonds is 5. The molecule has 1 rings (SSSR count). The third kappa shape index (κ3) is 2.10. The fourth-order valence-electron chi connectivity index (χ4n) is 3.46. The van der Waals surface area contributed by atoms with Crippen LogP contribution in [0.25, 0.3) is 0 Å². The zero-order valence-electron chi connectivity index (χ0n) is 10.7. The van der Waals surface area contributed by atoms with Crippen molar-refractivity contribution in [2.24, 2.45) is 16.7 Å². The van der Waals surface area contributed by atoms with Gasteiger partial charge in [-0.2, -0.15) is 13.2 Å². The molecule has 1 fully saturated rings. The van der Waals surface area contributed by atoms with E-state index >= 15 is 0 Å². The van der Waals surface area contributed by atoms with Crippen LogP contribution in [0.15, 0.2) is 0 Å². The molecule has 2 atom stereocenters. The molecule has 0 aliphatic heterocycles. The van der Waals surface area contributed by atoms with Gasteiger partial charge in [-0.25, -0.2) is 0 Å². The van der Waals surface area contributed by atoms with Crippen LogP contribution in [0.5, 0.6) is 0 Å². The van der Waals surface area contributed by atoms with Crippen LogP contribution in [-0.4, -0.2) is 6.18 Å². The molecule has 0 aromatic heterocycles. The quantitative estimate of drug-likeness (QED) is 0.617. The average Bonchev–Trinajstić information content (AvgIpc) is 2.71. The molecule has 0 saturated heterocycles. The van der Waals surface area contributed by atoms with Gasteiger partial charge in [0.2, 0.25) is 0 Å². The zero-order valence-corrected chi connectivity index (χ0v) is 10.7. The Morgan fingerprint density at radius 1 is 1.12 bits per heavy atom. The summed E-state index contributed by atoms with van der Waals surface area (Å²) in [6, 6.07) is 0. The highest BCUT2D eigenvalue weighted by atomic mass is 19.4. The van der Waals surface area contributed by atoms with Crippen LogP contribution in [0.4, 0.5) is 13.2 Å². The summed E-state index contributed by atoms with van der Waals surface area (Å²) in [7, 11) is 0. The van der Waals surface area contributed by atoms with Gasteiger partial charge in [0.25, 0.3) is 0 Å².